The molecular formula is C8H14N4O2. The number of nitrogens with two attached hydrogens (primary N) is 1. The molecule has 2 N–H and O–H groups in total. The molecule has 0 aliphatic carbocycles. The number of anilines is 1. The first kappa shape index (κ1) is 10.5. The highest BCUT2D eigenvalue weighted by atomic mass is 16.5. The van der Waals surface area contributed by atoms with Crippen LogP contribution in [0.15, 0.2) is 6.20 Å². The molecule has 0 unspecified atom stereocenters. The Morgan fingerprint density at radius 2 is 2.36 bits per heavy atom. The minimum Gasteiger partial charge on any atom is -0.464 e. The molecule has 0 aliphatic heterocycles. The molecule has 1 aromatic heterocycles. The van der Waals surface area contributed by atoms with E-state index in [9.17, 15) is 4.79 Å². The molecule has 1 rings (SSSR count). The number of nitrogen functional groups attached to an aromatic ring is 1. The van der Waals surface area contributed by atoms with Crippen LogP contribution in [0.3, 0.4) is 0 Å². The van der Waals surface area contributed by atoms with E-state index in [1.165, 1.54) is 10.9 Å². The first-order chi connectivity index (χ1) is 6.48. The van der Waals surface area contributed by atoms with E-state index in [2.05, 4.69) is 10.3 Å². The van der Waals surface area contributed by atoms with Crippen molar-refractivity contribution < 1.29 is 9.53 Å². The molecule has 0 saturated heterocycles. The fourth-order valence-corrected chi connectivity index (χ4v) is 0.951. The van der Waals surface area contributed by atoms with Gasteiger partial charge in [-0.1, -0.05) is 5.21 Å². The van der Waals surface area contributed by atoms with Gasteiger partial charge in [0.25, 0.3) is 0 Å². The van der Waals surface area contributed by atoms with Crippen LogP contribution < -0.4 is 5.73 Å². The molecule has 6 nitrogen and oxygen atoms in total. The van der Waals surface area contributed by atoms with Crippen LogP contribution in [0.25, 0.3) is 0 Å². The number of hydrogen-bond acceptors (Lipinski definition) is 5. The third-order valence-corrected chi connectivity index (χ3v) is 1.86. The van der Waals surface area contributed by atoms with Crippen molar-refractivity contribution in [3.05, 3.63) is 6.20 Å². The lowest BCUT2D eigenvalue weighted by Crippen LogP contribution is -2.37. The fraction of sp³-hybridized carbons (Fsp3) is 0.625. The maximum atomic E-state index is 11.5. The normalized spacial score (nSPS) is 11.4. The Balaban J connectivity index is 2.89. The summed E-state index contributed by atoms with van der Waals surface area (Å²) in [5, 5.41) is 7.34. The van der Waals surface area contributed by atoms with E-state index in [4.69, 9.17) is 10.5 Å². The van der Waals surface area contributed by atoms with E-state index < -0.39 is 5.54 Å². The van der Waals surface area contributed by atoms with Gasteiger partial charge < -0.3 is 10.5 Å². The predicted molar refractivity (Wildman–Crippen MR) is 50.4 cm³/mol. The van der Waals surface area contributed by atoms with Crippen molar-refractivity contribution in [3.8, 4) is 0 Å². The average molecular weight is 198 g/mol. The number of carbonyl (C=O) groups excluding carboxylic acids is 1. The molecule has 0 aromatic carbocycles. The van der Waals surface area contributed by atoms with Crippen LogP contribution in [-0.2, 0) is 15.1 Å². The van der Waals surface area contributed by atoms with Crippen molar-refractivity contribution >= 4 is 11.8 Å². The van der Waals surface area contributed by atoms with Gasteiger partial charge in [0.15, 0.2) is 11.4 Å². The molecule has 0 saturated carbocycles. The summed E-state index contributed by atoms with van der Waals surface area (Å²) in [4.78, 5) is 11.5. The SMILES string of the molecule is CCOC(=O)C(C)(C)n1cc(N)nn1. The van der Waals surface area contributed by atoms with Gasteiger partial charge in [0.1, 0.15) is 0 Å². The number of nitrogens with zero attached hydrogens (tertiary/aromatic N) is 3. The Morgan fingerprint density at radius 3 is 2.79 bits per heavy atom. The number of aromatic nitrogens is 3. The van der Waals surface area contributed by atoms with Crippen LogP contribution in [0.5, 0.6) is 0 Å². The van der Waals surface area contributed by atoms with E-state index >= 15 is 0 Å². The molecule has 0 fully saturated rings. The molecule has 0 bridgehead atoms. The van der Waals surface area contributed by atoms with E-state index in [-0.39, 0.29) is 11.8 Å². The minimum atomic E-state index is -0.874. The van der Waals surface area contributed by atoms with Gasteiger partial charge in [-0.25, -0.2) is 9.48 Å². The Hall–Kier alpha value is -1.59. The summed E-state index contributed by atoms with van der Waals surface area (Å²) in [6, 6.07) is 0. The average Bonchev–Trinajstić information content (AvgIpc) is 2.52. The van der Waals surface area contributed by atoms with Crippen LogP contribution in [0, 0.1) is 0 Å². The van der Waals surface area contributed by atoms with Crippen LogP contribution in [-0.4, -0.2) is 27.6 Å². The highest BCUT2D eigenvalue weighted by Gasteiger charge is 2.32. The van der Waals surface area contributed by atoms with E-state index in [1.54, 1.807) is 20.8 Å². The van der Waals surface area contributed by atoms with Crippen LogP contribution in [0.4, 0.5) is 5.82 Å². The standard InChI is InChI=1S/C8H14N4O2/c1-4-14-7(13)8(2,3)12-5-6(9)10-11-12/h5H,4,9H2,1-3H3. The van der Waals surface area contributed by atoms with Crippen molar-refractivity contribution in [1.29, 1.82) is 0 Å². The van der Waals surface area contributed by atoms with Crippen molar-refractivity contribution in [2.24, 2.45) is 0 Å². The van der Waals surface area contributed by atoms with Crippen molar-refractivity contribution in [2.75, 3.05) is 12.3 Å². The Labute approximate surface area is 82.0 Å². The van der Waals surface area contributed by atoms with Gasteiger partial charge in [-0.05, 0) is 20.8 Å². The zero-order valence-electron chi connectivity index (χ0n) is 8.52. The summed E-state index contributed by atoms with van der Waals surface area (Å²) in [6.45, 7) is 5.48. The largest absolute Gasteiger partial charge is 0.464 e. The van der Waals surface area contributed by atoms with Crippen molar-refractivity contribution in [1.82, 2.24) is 15.0 Å². The molecule has 1 heterocycles. The zero-order chi connectivity index (χ0) is 10.8. The van der Waals surface area contributed by atoms with Gasteiger partial charge >= 0.3 is 5.97 Å². The van der Waals surface area contributed by atoms with Crippen molar-refractivity contribution in [2.45, 2.75) is 26.3 Å². The lowest BCUT2D eigenvalue weighted by Gasteiger charge is -2.21. The summed E-state index contributed by atoms with van der Waals surface area (Å²) in [5.74, 6) is -0.0766. The van der Waals surface area contributed by atoms with Crippen LogP contribution in [0.2, 0.25) is 0 Å². The molecule has 0 atom stereocenters. The number of hydrogen-bond donors (Lipinski definition) is 1. The summed E-state index contributed by atoms with van der Waals surface area (Å²) in [5.41, 5.74) is 4.53. The third-order valence-electron chi connectivity index (χ3n) is 1.86. The molecule has 6 heteroatoms. The topological polar surface area (TPSA) is 83.0 Å². The van der Waals surface area contributed by atoms with Gasteiger partial charge in [0.2, 0.25) is 0 Å². The first-order valence-corrected chi connectivity index (χ1v) is 4.34. The predicted octanol–water partition coefficient (Wildman–Crippen LogP) is 0.158. The maximum absolute atomic E-state index is 11.5. The van der Waals surface area contributed by atoms with Gasteiger partial charge in [-0.15, -0.1) is 5.10 Å². The second-order valence-corrected chi connectivity index (χ2v) is 3.37. The number of rotatable bonds is 3. The molecule has 0 spiro atoms. The molecule has 0 radical (unpaired) electrons. The van der Waals surface area contributed by atoms with Gasteiger partial charge in [0, 0.05) is 0 Å². The van der Waals surface area contributed by atoms with Crippen molar-refractivity contribution in [3.63, 3.8) is 0 Å². The fourth-order valence-electron chi connectivity index (χ4n) is 0.951. The summed E-state index contributed by atoms with van der Waals surface area (Å²) in [6.07, 6.45) is 1.50. The summed E-state index contributed by atoms with van der Waals surface area (Å²) in [7, 11) is 0. The third kappa shape index (κ3) is 1.84. The maximum Gasteiger partial charge on any atom is 0.333 e. The van der Waals surface area contributed by atoms with Crippen LogP contribution >= 0.6 is 0 Å². The summed E-state index contributed by atoms with van der Waals surface area (Å²) < 4.78 is 6.29. The van der Waals surface area contributed by atoms with Crippen LogP contribution in [0.1, 0.15) is 20.8 Å². The molecular weight excluding hydrogens is 184 g/mol. The second-order valence-electron chi connectivity index (χ2n) is 3.37. The van der Waals surface area contributed by atoms with E-state index in [1.807, 2.05) is 0 Å². The number of carbonyl (C=O) groups is 1. The smallest absolute Gasteiger partial charge is 0.333 e. The Bertz CT molecular complexity index is 332. The minimum absolute atomic E-state index is 0.280. The summed E-state index contributed by atoms with van der Waals surface area (Å²) >= 11 is 0. The van der Waals surface area contributed by atoms with Gasteiger partial charge in [0.05, 0.1) is 12.8 Å². The Kier molecular flexibility index (Phi) is 2.73. The van der Waals surface area contributed by atoms with Gasteiger partial charge in [-0.2, -0.15) is 0 Å². The number of esters is 1. The molecule has 14 heavy (non-hydrogen) atoms. The Morgan fingerprint density at radius 1 is 1.71 bits per heavy atom. The lowest BCUT2D eigenvalue weighted by molar-refractivity contribution is -0.152. The zero-order valence-corrected chi connectivity index (χ0v) is 8.52. The number of ether oxygens (including phenoxy) is 1. The monoisotopic (exact) mass is 198 g/mol. The highest BCUT2D eigenvalue weighted by molar-refractivity contribution is 5.77. The molecule has 78 valence electrons. The van der Waals surface area contributed by atoms with E-state index in [0.29, 0.717) is 6.61 Å². The molecule has 0 amide bonds. The van der Waals surface area contributed by atoms with Gasteiger partial charge in [-0.3, -0.25) is 0 Å². The first-order valence-electron chi connectivity index (χ1n) is 4.34. The quantitative estimate of drug-likeness (QED) is 0.699. The van der Waals surface area contributed by atoms with E-state index in [0.717, 1.165) is 0 Å². The second kappa shape index (κ2) is 3.65. The lowest BCUT2D eigenvalue weighted by atomic mass is 10.1. The highest BCUT2D eigenvalue weighted by Crippen LogP contribution is 2.16. The molecule has 0 aliphatic rings. The molecule has 1 aromatic rings.